The van der Waals surface area contributed by atoms with Gasteiger partial charge in [0.15, 0.2) is 0 Å². The summed E-state index contributed by atoms with van der Waals surface area (Å²) < 4.78 is 24.0. The second-order valence-electron chi connectivity index (χ2n) is 9.39. The van der Waals surface area contributed by atoms with Crippen molar-refractivity contribution in [3.8, 4) is 0 Å². The number of likely N-dealkylation sites (tertiary alicyclic amines) is 1. The molecular formula is C20H40N4O5S. The Balaban J connectivity index is 2.67. The molecule has 1 fully saturated rings. The predicted octanol–water partition coefficient (Wildman–Crippen LogP) is 0.00300. The smallest absolute Gasteiger partial charge is 0.242 e. The third-order valence-electron chi connectivity index (χ3n) is 6.61. The third kappa shape index (κ3) is 6.38. The lowest BCUT2D eigenvalue weighted by molar-refractivity contribution is -0.136. The third-order valence-corrected chi connectivity index (χ3v) is 7.89. The zero-order valence-electron chi connectivity index (χ0n) is 19.8. The number of hydrogen-bond acceptors (Lipinski definition) is 6. The molecule has 0 aromatic rings. The fourth-order valence-corrected chi connectivity index (χ4v) is 4.13. The van der Waals surface area contributed by atoms with Crippen LogP contribution in [-0.2, 0) is 19.6 Å². The molecule has 0 saturated carbocycles. The van der Waals surface area contributed by atoms with Crippen molar-refractivity contribution in [3.63, 3.8) is 0 Å². The summed E-state index contributed by atoms with van der Waals surface area (Å²) in [5, 5.41) is 15.6. The van der Waals surface area contributed by atoms with E-state index in [2.05, 4.69) is 36.3 Å². The molecule has 1 saturated heterocycles. The number of carbonyl (C=O) groups is 2. The second-order valence-corrected chi connectivity index (χ2v) is 11.5. The van der Waals surface area contributed by atoms with Crippen molar-refractivity contribution in [2.45, 2.75) is 78.2 Å². The molecule has 0 bridgehead atoms. The van der Waals surface area contributed by atoms with Gasteiger partial charge in [0.2, 0.25) is 21.8 Å². The standard InChI is InChI=1S/C20H40N4O5S/c1-12-10-24(16(5)13(12)2)20(6,7)19(27)22-15(4)18(26)21-14(3)17(25)11-23(8)30(9,28)29/h12-17,25H,10-11H2,1-9H3,(H,21,26)(H,22,27). The van der Waals surface area contributed by atoms with Gasteiger partial charge in [0.25, 0.3) is 0 Å². The lowest BCUT2D eigenvalue weighted by Crippen LogP contribution is -2.60. The highest BCUT2D eigenvalue weighted by Gasteiger charge is 2.45. The molecule has 9 nitrogen and oxygen atoms in total. The number of carbonyl (C=O) groups excluding carboxylic acids is 2. The molecule has 30 heavy (non-hydrogen) atoms. The number of rotatable bonds is 9. The van der Waals surface area contributed by atoms with E-state index < -0.39 is 39.7 Å². The highest BCUT2D eigenvalue weighted by molar-refractivity contribution is 7.88. The van der Waals surface area contributed by atoms with Crippen molar-refractivity contribution >= 4 is 21.8 Å². The van der Waals surface area contributed by atoms with Gasteiger partial charge in [-0.2, -0.15) is 0 Å². The summed E-state index contributed by atoms with van der Waals surface area (Å²) in [6.07, 6.45) is -0.0353. The number of nitrogens with one attached hydrogen (secondary N) is 2. The van der Waals surface area contributed by atoms with Crippen LogP contribution in [0.15, 0.2) is 0 Å². The van der Waals surface area contributed by atoms with Gasteiger partial charge in [-0.15, -0.1) is 0 Å². The van der Waals surface area contributed by atoms with Crippen molar-refractivity contribution < 1.29 is 23.1 Å². The summed E-state index contributed by atoms with van der Waals surface area (Å²) in [5.74, 6) is 0.289. The fraction of sp³-hybridized carbons (Fsp3) is 0.900. The lowest BCUT2D eigenvalue weighted by atomic mass is 9.94. The molecular weight excluding hydrogens is 408 g/mol. The van der Waals surface area contributed by atoms with Gasteiger partial charge in [-0.1, -0.05) is 13.8 Å². The van der Waals surface area contributed by atoms with E-state index in [-0.39, 0.29) is 18.5 Å². The molecule has 0 aromatic carbocycles. The number of amides is 2. The van der Waals surface area contributed by atoms with Gasteiger partial charge in [-0.3, -0.25) is 14.5 Å². The minimum atomic E-state index is -3.43. The van der Waals surface area contributed by atoms with Crippen LogP contribution in [0.1, 0.15) is 48.5 Å². The molecule has 0 aliphatic carbocycles. The van der Waals surface area contributed by atoms with Crippen LogP contribution in [0, 0.1) is 11.8 Å². The fourth-order valence-electron chi connectivity index (χ4n) is 3.71. The predicted molar refractivity (Wildman–Crippen MR) is 117 cm³/mol. The Morgan fingerprint density at radius 2 is 1.73 bits per heavy atom. The monoisotopic (exact) mass is 448 g/mol. The number of likely N-dealkylation sites (N-methyl/N-ethyl adjacent to an activating group) is 1. The van der Waals surface area contributed by atoms with Crippen molar-refractivity contribution in [3.05, 3.63) is 0 Å². The molecule has 1 aliphatic rings. The van der Waals surface area contributed by atoms with Crippen LogP contribution < -0.4 is 10.6 Å². The van der Waals surface area contributed by atoms with Gasteiger partial charge in [0.1, 0.15) is 6.04 Å². The van der Waals surface area contributed by atoms with Crippen LogP contribution in [0.4, 0.5) is 0 Å². The average Bonchev–Trinajstić information content (AvgIpc) is 2.88. The molecule has 176 valence electrons. The number of hydrogen-bond donors (Lipinski definition) is 3. The highest BCUT2D eigenvalue weighted by Crippen LogP contribution is 2.34. The Morgan fingerprint density at radius 3 is 2.17 bits per heavy atom. The van der Waals surface area contributed by atoms with Gasteiger partial charge in [-0.25, -0.2) is 12.7 Å². The maximum atomic E-state index is 12.9. The Labute approximate surface area is 181 Å². The van der Waals surface area contributed by atoms with E-state index >= 15 is 0 Å². The highest BCUT2D eigenvalue weighted by atomic mass is 32.2. The van der Waals surface area contributed by atoms with E-state index in [0.717, 1.165) is 17.1 Å². The molecule has 0 aromatic heterocycles. The molecule has 1 rings (SSSR count). The van der Waals surface area contributed by atoms with E-state index in [1.165, 1.54) is 7.05 Å². The average molecular weight is 449 g/mol. The van der Waals surface area contributed by atoms with E-state index in [1.807, 2.05) is 13.8 Å². The minimum Gasteiger partial charge on any atom is -0.390 e. The number of nitrogens with zero attached hydrogens (tertiary/aromatic N) is 2. The van der Waals surface area contributed by atoms with Crippen LogP contribution in [0.3, 0.4) is 0 Å². The summed E-state index contributed by atoms with van der Waals surface area (Å²) >= 11 is 0. The zero-order valence-corrected chi connectivity index (χ0v) is 20.6. The normalized spacial score (nSPS) is 26.3. The molecule has 6 unspecified atom stereocenters. The molecule has 0 spiro atoms. The Morgan fingerprint density at radius 1 is 1.20 bits per heavy atom. The second kappa shape index (κ2) is 9.93. The SMILES string of the molecule is CC(NC(=O)C(C)(C)N1CC(C)C(C)C1C)C(=O)NC(C)C(O)CN(C)S(C)(=O)=O. The number of aliphatic hydroxyl groups excluding tert-OH is 1. The van der Waals surface area contributed by atoms with Gasteiger partial charge >= 0.3 is 0 Å². The summed E-state index contributed by atoms with van der Waals surface area (Å²) in [6.45, 7) is 14.1. The van der Waals surface area contributed by atoms with Crippen LogP contribution >= 0.6 is 0 Å². The zero-order chi connectivity index (χ0) is 23.6. The first-order valence-electron chi connectivity index (χ1n) is 10.5. The van der Waals surface area contributed by atoms with E-state index in [1.54, 1.807) is 13.8 Å². The van der Waals surface area contributed by atoms with Crippen molar-refractivity contribution in [2.24, 2.45) is 11.8 Å². The number of sulfonamides is 1. The Bertz CT molecular complexity index is 727. The van der Waals surface area contributed by atoms with Crippen LogP contribution in [0.5, 0.6) is 0 Å². The largest absolute Gasteiger partial charge is 0.390 e. The molecule has 1 aliphatic heterocycles. The first-order valence-corrected chi connectivity index (χ1v) is 12.3. The summed E-state index contributed by atoms with van der Waals surface area (Å²) in [6, 6.07) is -1.23. The van der Waals surface area contributed by atoms with Gasteiger partial charge in [0.05, 0.1) is 23.9 Å². The van der Waals surface area contributed by atoms with Crippen LogP contribution in [0.25, 0.3) is 0 Å². The first-order chi connectivity index (χ1) is 13.5. The summed E-state index contributed by atoms with van der Waals surface area (Å²) in [5.41, 5.74) is -0.768. The quantitative estimate of drug-likeness (QED) is 0.457. The summed E-state index contributed by atoms with van der Waals surface area (Å²) in [7, 11) is -2.07. The minimum absolute atomic E-state index is 0.142. The molecule has 1 heterocycles. The summed E-state index contributed by atoms with van der Waals surface area (Å²) in [4.78, 5) is 27.6. The molecule has 6 atom stereocenters. The number of aliphatic hydroxyl groups is 1. The van der Waals surface area contributed by atoms with Gasteiger partial charge < -0.3 is 15.7 Å². The topological polar surface area (TPSA) is 119 Å². The van der Waals surface area contributed by atoms with E-state index in [9.17, 15) is 23.1 Å². The lowest BCUT2D eigenvalue weighted by Gasteiger charge is -2.38. The molecule has 10 heteroatoms. The van der Waals surface area contributed by atoms with Crippen LogP contribution in [-0.4, -0.2) is 90.7 Å². The van der Waals surface area contributed by atoms with Crippen LogP contribution in [0.2, 0.25) is 0 Å². The maximum Gasteiger partial charge on any atom is 0.242 e. The maximum absolute atomic E-state index is 12.9. The molecule has 0 radical (unpaired) electrons. The van der Waals surface area contributed by atoms with Crippen molar-refractivity contribution in [2.75, 3.05) is 26.4 Å². The first kappa shape index (κ1) is 26.8. The molecule has 2 amide bonds. The molecule has 3 N–H and O–H groups in total. The van der Waals surface area contributed by atoms with Crippen molar-refractivity contribution in [1.82, 2.24) is 19.8 Å². The van der Waals surface area contributed by atoms with E-state index in [4.69, 9.17) is 0 Å². The van der Waals surface area contributed by atoms with E-state index in [0.29, 0.717) is 11.8 Å². The Kier molecular flexibility index (Phi) is 8.87. The van der Waals surface area contributed by atoms with Gasteiger partial charge in [0, 0.05) is 26.2 Å². The Hall–Kier alpha value is -1.23. The van der Waals surface area contributed by atoms with Crippen molar-refractivity contribution in [1.29, 1.82) is 0 Å². The van der Waals surface area contributed by atoms with Gasteiger partial charge in [-0.05, 0) is 46.5 Å².